The Bertz CT molecular complexity index is 1300. The lowest BCUT2D eigenvalue weighted by Crippen LogP contribution is -2.31. The SMILES string of the molecule is N#CC(C#N)=C1CC(C(N)=O)CC(NCCCCCCNC2=C(C#N)C(=C(C#N)C#N)CC(C(N)=O)C2)=C1C#N. The number of amides is 2. The van der Waals surface area contributed by atoms with Crippen LogP contribution in [0, 0.1) is 79.8 Å². The van der Waals surface area contributed by atoms with E-state index in [1.165, 1.54) is 0 Å². The lowest BCUT2D eigenvalue weighted by Gasteiger charge is -2.26. The molecule has 0 aromatic carbocycles. The molecule has 2 aliphatic carbocycles. The summed E-state index contributed by atoms with van der Waals surface area (Å²) in [6.07, 6.45) is 3.72. The average Bonchev–Trinajstić information content (AvgIpc) is 2.95. The second kappa shape index (κ2) is 15.0. The standard InChI is InChI=1S/C28H28N10O2/c29-11-19(12-30)21-7-17(27(35)39)9-25(23(21)15-33)37-5-3-1-2-4-6-38-26-10-18(28(36)40)8-22(24(26)16-34)20(13-31)14-32/h17-18,37-38H,1-10H2,(H2,35,39)(H2,36,40). The van der Waals surface area contributed by atoms with Crippen LogP contribution in [0.4, 0.5) is 0 Å². The van der Waals surface area contributed by atoms with Crippen molar-refractivity contribution in [3.05, 3.63) is 44.8 Å². The van der Waals surface area contributed by atoms with E-state index in [1.807, 2.05) is 0 Å². The van der Waals surface area contributed by atoms with Crippen molar-refractivity contribution >= 4 is 11.8 Å². The maximum absolute atomic E-state index is 11.8. The molecule has 0 radical (unpaired) electrons. The molecule has 2 aliphatic rings. The summed E-state index contributed by atoms with van der Waals surface area (Å²) in [5.74, 6) is -2.37. The summed E-state index contributed by atoms with van der Waals surface area (Å²) >= 11 is 0. The van der Waals surface area contributed by atoms with Gasteiger partial charge >= 0.3 is 0 Å². The summed E-state index contributed by atoms with van der Waals surface area (Å²) in [7, 11) is 0. The number of hydrogen-bond donors (Lipinski definition) is 4. The van der Waals surface area contributed by atoms with E-state index in [1.54, 1.807) is 24.3 Å². The first-order valence-corrected chi connectivity index (χ1v) is 12.7. The number of hydrogen-bond acceptors (Lipinski definition) is 10. The van der Waals surface area contributed by atoms with Gasteiger partial charge in [-0.1, -0.05) is 12.8 Å². The Morgan fingerprint density at radius 1 is 0.625 bits per heavy atom. The Kier molecular flexibility index (Phi) is 11.5. The summed E-state index contributed by atoms with van der Waals surface area (Å²) in [5.41, 5.74) is 12.4. The quantitative estimate of drug-likeness (QED) is 0.220. The van der Waals surface area contributed by atoms with Crippen LogP contribution in [0.15, 0.2) is 44.8 Å². The van der Waals surface area contributed by atoms with E-state index in [-0.39, 0.29) is 59.1 Å². The molecule has 2 atom stereocenters. The fourth-order valence-corrected chi connectivity index (χ4v) is 4.75. The van der Waals surface area contributed by atoms with Gasteiger partial charge in [0.25, 0.3) is 0 Å². The van der Waals surface area contributed by atoms with Crippen LogP contribution in [0.5, 0.6) is 0 Å². The van der Waals surface area contributed by atoms with Crippen LogP contribution in [0.1, 0.15) is 51.4 Å². The Balaban J connectivity index is 1.96. The highest BCUT2D eigenvalue weighted by molar-refractivity contribution is 5.79. The summed E-state index contributed by atoms with van der Waals surface area (Å²) in [6, 6.07) is 11.2. The number of nitrogens with zero attached hydrogens (tertiary/aromatic N) is 6. The molecule has 6 N–H and O–H groups in total. The van der Waals surface area contributed by atoms with Crippen LogP contribution < -0.4 is 22.1 Å². The number of primary amides is 2. The minimum Gasteiger partial charge on any atom is -0.387 e. The van der Waals surface area contributed by atoms with Gasteiger partial charge in [0.05, 0.1) is 11.1 Å². The highest BCUT2D eigenvalue weighted by atomic mass is 16.1. The lowest BCUT2D eigenvalue weighted by atomic mass is 9.81. The zero-order chi connectivity index (χ0) is 29.7. The average molecular weight is 537 g/mol. The fraction of sp³-hybridized carbons (Fsp3) is 0.429. The number of carbonyl (C=O) groups excluding carboxylic acids is 2. The van der Waals surface area contributed by atoms with Crippen LogP contribution in [0.3, 0.4) is 0 Å². The third-order valence-corrected chi connectivity index (χ3v) is 6.87. The molecule has 2 rings (SSSR count). The largest absolute Gasteiger partial charge is 0.387 e. The monoisotopic (exact) mass is 536 g/mol. The molecule has 12 nitrogen and oxygen atoms in total. The van der Waals surface area contributed by atoms with Crippen LogP contribution in [-0.4, -0.2) is 24.9 Å². The summed E-state index contributed by atoms with van der Waals surface area (Å²) < 4.78 is 0. The van der Waals surface area contributed by atoms with E-state index in [2.05, 4.69) is 22.8 Å². The normalized spacial score (nSPS) is 18.1. The topological polar surface area (TPSA) is 253 Å². The predicted octanol–water partition coefficient (Wildman–Crippen LogP) is 1.76. The second-order valence-corrected chi connectivity index (χ2v) is 9.37. The molecule has 40 heavy (non-hydrogen) atoms. The second-order valence-electron chi connectivity index (χ2n) is 9.37. The van der Waals surface area contributed by atoms with Gasteiger partial charge in [-0.05, 0) is 25.7 Å². The van der Waals surface area contributed by atoms with Crippen molar-refractivity contribution in [2.24, 2.45) is 23.3 Å². The first kappa shape index (κ1) is 30.7. The minimum absolute atomic E-state index is 0.0720. The van der Waals surface area contributed by atoms with E-state index in [9.17, 15) is 41.2 Å². The number of unbranched alkanes of at least 4 members (excludes halogenated alkanes) is 3. The summed E-state index contributed by atoms with van der Waals surface area (Å²) in [6.45, 7) is 1.01. The van der Waals surface area contributed by atoms with Crippen LogP contribution in [0.25, 0.3) is 0 Å². The van der Waals surface area contributed by atoms with Gasteiger partial charge in [-0.15, -0.1) is 0 Å². The third kappa shape index (κ3) is 7.49. The maximum atomic E-state index is 11.8. The van der Waals surface area contributed by atoms with Gasteiger partial charge in [-0.2, -0.15) is 31.6 Å². The first-order valence-electron chi connectivity index (χ1n) is 12.7. The number of nitrogens with two attached hydrogens (primary N) is 2. The molecule has 0 saturated carbocycles. The van der Waals surface area contributed by atoms with E-state index in [4.69, 9.17) is 11.5 Å². The molecular weight excluding hydrogens is 508 g/mol. The summed E-state index contributed by atoms with van der Waals surface area (Å²) in [4.78, 5) is 23.6. The van der Waals surface area contributed by atoms with Gasteiger partial charge in [-0.3, -0.25) is 9.59 Å². The van der Waals surface area contributed by atoms with Crippen molar-refractivity contribution < 1.29 is 9.59 Å². The molecule has 0 aromatic heterocycles. The Morgan fingerprint density at radius 3 is 1.25 bits per heavy atom. The van der Waals surface area contributed by atoms with E-state index < -0.39 is 23.7 Å². The molecule has 0 spiro atoms. The molecule has 0 aliphatic heterocycles. The molecule has 2 unspecified atom stereocenters. The van der Waals surface area contributed by atoms with Crippen molar-refractivity contribution in [3.8, 4) is 36.4 Å². The molecule has 202 valence electrons. The highest BCUT2D eigenvalue weighted by Gasteiger charge is 2.31. The van der Waals surface area contributed by atoms with Crippen LogP contribution in [-0.2, 0) is 9.59 Å². The number of allylic oxidation sites excluding steroid dienone is 8. The first-order chi connectivity index (χ1) is 19.3. The number of nitrogens with one attached hydrogen (secondary N) is 2. The molecule has 0 heterocycles. The van der Waals surface area contributed by atoms with Crippen molar-refractivity contribution in [1.82, 2.24) is 10.6 Å². The Labute approximate surface area is 232 Å². The van der Waals surface area contributed by atoms with Crippen LogP contribution in [0.2, 0.25) is 0 Å². The molecule has 2 amide bonds. The van der Waals surface area contributed by atoms with Gasteiger partial charge in [-0.25, -0.2) is 0 Å². The van der Waals surface area contributed by atoms with Gasteiger partial charge in [0.2, 0.25) is 11.8 Å². The highest BCUT2D eigenvalue weighted by Crippen LogP contribution is 2.35. The van der Waals surface area contributed by atoms with Crippen molar-refractivity contribution in [3.63, 3.8) is 0 Å². The zero-order valence-corrected chi connectivity index (χ0v) is 21.9. The van der Waals surface area contributed by atoms with E-state index in [0.717, 1.165) is 25.7 Å². The predicted molar refractivity (Wildman–Crippen MR) is 140 cm³/mol. The Morgan fingerprint density at radius 2 is 0.975 bits per heavy atom. The van der Waals surface area contributed by atoms with Gasteiger partial charge in [0.15, 0.2) is 0 Å². The smallest absolute Gasteiger partial charge is 0.221 e. The van der Waals surface area contributed by atoms with E-state index in [0.29, 0.717) is 24.5 Å². The maximum Gasteiger partial charge on any atom is 0.221 e. The van der Waals surface area contributed by atoms with Crippen molar-refractivity contribution in [1.29, 1.82) is 31.6 Å². The minimum atomic E-state index is -0.619. The van der Waals surface area contributed by atoms with Crippen molar-refractivity contribution in [2.45, 2.75) is 51.4 Å². The van der Waals surface area contributed by atoms with E-state index >= 15 is 0 Å². The molecule has 0 fully saturated rings. The molecule has 12 heteroatoms. The molecule has 0 bridgehead atoms. The third-order valence-electron chi connectivity index (χ3n) is 6.87. The lowest BCUT2D eigenvalue weighted by molar-refractivity contribution is -0.122. The van der Waals surface area contributed by atoms with Gasteiger partial charge in [0.1, 0.15) is 47.6 Å². The number of carbonyl (C=O) groups is 2. The molecule has 0 saturated heterocycles. The summed E-state index contributed by atoms with van der Waals surface area (Å²) in [5, 5.41) is 62.7. The fourth-order valence-electron chi connectivity index (χ4n) is 4.75. The van der Waals surface area contributed by atoms with Gasteiger partial charge < -0.3 is 22.1 Å². The zero-order valence-electron chi connectivity index (χ0n) is 21.9. The number of nitriles is 6. The molecular formula is C28H28N10O2. The molecule has 0 aromatic rings. The Hall–Kier alpha value is -5.56. The van der Waals surface area contributed by atoms with Gasteiger partial charge in [0, 0.05) is 60.3 Å². The van der Waals surface area contributed by atoms with Crippen molar-refractivity contribution in [2.75, 3.05) is 13.1 Å². The number of rotatable bonds is 11. The van der Waals surface area contributed by atoms with Crippen LogP contribution >= 0.6 is 0 Å².